The molecule has 4 rings (SSSR count). The zero-order valence-corrected chi connectivity index (χ0v) is 25.5. The summed E-state index contributed by atoms with van der Waals surface area (Å²) < 4.78 is 0. The summed E-state index contributed by atoms with van der Waals surface area (Å²) in [6.45, 7) is 11.5. The molecule has 0 aliphatic carbocycles. The lowest BCUT2D eigenvalue weighted by Gasteiger charge is -2.18. The Morgan fingerprint density at radius 3 is 1.30 bits per heavy atom. The molecule has 2 atom stereocenters. The van der Waals surface area contributed by atoms with Crippen molar-refractivity contribution in [2.24, 2.45) is 11.7 Å². The molecule has 0 fully saturated rings. The molecule has 1 nitrogen and oxygen atoms in total. The summed E-state index contributed by atoms with van der Waals surface area (Å²) in [5.74, 6) is 0.725. The molecule has 210 valence electrons. The predicted molar refractivity (Wildman–Crippen MR) is 174 cm³/mol. The van der Waals surface area contributed by atoms with Crippen molar-refractivity contribution in [2.75, 3.05) is 0 Å². The summed E-state index contributed by atoms with van der Waals surface area (Å²) in [6, 6.07) is 31.4. The first-order chi connectivity index (χ1) is 19.3. The van der Waals surface area contributed by atoms with E-state index < -0.39 is 0 Å². The van der Waals surface area contributed by atoms with Crippen molar-refractivity contribution in [3.05, 3.63) is 129 Å². The molecule has 0 aliphatic heterocycles. The van der Waals surface area contributed by atoms with Gasteiger partial charge in [0.15, 0.2) is 0 Å². The van der Waals surface area contributed by atoms with Gasteiger partial charge in [0.05, 0.1) is 0 Å². The summed E-state index contributed by atoms with van der Waals surface area (Å²) in [4.78, 5) is 0. The SMILES string of the molecule is Cc1cc(-c2cc(C)c(CCC(N)CCc3ccccc3)c(C)c2)cc(C)c1CCC(C)CCc1ccccc1. The molecule has 4 aromatic rings. The smallest absolute Gasteiger partial charge is 0.00451 e. The Morgan fingerprint density at radius 1 is 0.500 bits per heavy atom. The van der Waals surface area contributed by atoms with Crippen molar-refractivity contribution in [1.82, 2.24) is 0 Å². The summed E-state index contributed by atoms with van der Waals surface area (Å²) in [6.07, 6.45) is 9.01. The van der Waals surface area contributed by atoms with Crippen LogP contribution in [-0.4, -0.2) is 6.04 Å². The third-order valence-corrected chi connectivity index (χ3v) is 8.79. The van der Waals surface area contributed by atoms with Gasteiger partial charge in [-0.1, -0.05) is 91.9 Å². The van der Waals surface area contributed by atoms with Crippen LogP contribution in [0.5, 0.6) is 0 Å². The molecular weight excluding hydrogens is 482 g/mol. The third kappa shape index (κ3) is 8.42. The van der Waals surface area contributed by atoms with Crippen molar-refractivity contribution in [1.29, 1.82) is 0 Å². The van der Waals surface area contributed by atoms with E-state index in [4.69, 9.17) is 5.73 Å². The standard InChI is InChI=1S/C39H49N/c1-28(16-18-33-12-8-6-9-13-33)17-22-38-29(2)24-35(25-30(38)3)36-26-31(4)39(32(5)27-36)23-21-37(40)20-19-34-14-10-7-11-15-34/h6-15,24-28,37H,16-23,40H2,1-5H3. The zero-order chi connectivity index (χ0) is 28.5. The molecule has 0 heterocycles. The maximum Gasteiger partial charge on any atom is 0.00451 e. The average molecular weight is 532 g/mol. The highest BCUT2D eigenvalue weighted by molar-refractivity contribution is 5.68. The third-order valence-electron chi connectivity index (χ3n) is 8.79. The maximum atomic E-state index is 6.52. The molecule has 1 heteroatoms. The minimum absolute atomic E-state index is 0.234. The van der Waals surface area contributed by atoms with Crippen molar-refractivity contribution in [2.45, 2.75) is 92.0 Å². The molecule has 0 bridgehead atoms. The average Bonchev–Trinajstić information content (AvgIpc) is 2.95. The fourth-order valence-electron chi connectivity index (χ4n) is 6.17. The van der Waals surface area contributed by atoms with Crippen LogP contribution in [0.1, 0.15) is 77.1 Å². The minimum Gasteiger partial charge on any atom is -0.328 e. The first-order valence-electron chi connectivity index (χ1n) is 15.3. The summed E-state index contributed by atoms with van der Waals surface area (Å²) in [5, 5.41) is 0. The number of hydrogen-bond donors (Lipinski definition) is 1. The molecule has 0 saturated heterocycles. The molecule has 2 N–H and O–H groups in total. The van der Waals surface area contributed by atoms with Gasteiger partial charge in [0.25, 0.3) is 0 Å². The van der Waals surface area contributed by atoms with Crippen LogP contribution in [0.4, 0.5) is 0 Å². The van der Waals surface area contributed by atoms with Crippen LogP contribution in [0.3, 0.4) is 0 Å². The number of hydrogen-bond acceptors (Lipinski definition) is 1. The van der Waals surface area contributed by atoms with Crippen molar-refractivity contribution >= 4 is 0 Å². The quantitative estimate of drug-likeness (QED) is 0.183. The Bertz CT molecular complexity index is 1200. The van der Waals surface area contributed by atoms with Gasteiger partial charge in [0.2, 0.25) is 0 Å². The summed E-state index contributed by atoms with van der Waals surface area (Å²) >= 11 is 0. The first-order valence-corrected chi connectivity index (χ1v) is 15.3. The Labute approximate surface area is 243 Å². The fraction of sp³-hybridized carbons (Fsp3) is 0.385. The van der Waals surface area contributed by atoms with Gasteiger partial charge in [0, 0.05) is 6.04 Å². The van der Waals surface area contributed by atoms with E-state index in [9.17, 15) is 0 Å². The van der Waals surface area contributed by atoms with Crippen LogP contribution >= 0.6 is 0 Å². The van der Waals surface area contributed by atoms with E-state index in [-0.39, 0.29) is 6.04 Å². The molecule has 0 spiro atoms. The lowest BCUT2D eigenvalue weighted by molar-refractivity contribution is 0.492. The van der Waals surface area contributed by atoms with Crippen molar-refractivity contribution < 1.29 is 0 Å². The largest absolute Gasteiger partial charge is 0.328 e. The van der Waals surface area contributed by atoms with Crippen LogP contribution in [0.25, 0.3) is 11.1 Å². The zero-order valence-electron chi connectivity index (χ0n) is 25.5. The molecule has 0 amide bonds. The number of benzene rings is 4. The molecule has 4 aromatic carbocycles. The van der Waals surface area contributed by atoms with E-state index in [1.165, 1.54) is 74.9 Å². The van der Waals surface area contributed by atoms with Gasteiger partial charge in [-0.3, -0.25) is 0 Å². The lowest BCUT2D eigenvalue weighted by Crippen LogP contribution is -2.21. The van der Waals surface area contributed by atoms with Gasteiger partial charge in [-0.05, 0) is 141 Å². The second kappa shape index (κ2) is 14.5. The van der Waals surface area contributed by atoms with E-state index in [0.717, 1.165) is 38.0 Å². The molecule has 40 heavy (non-hydrogen) atoms. The van der Waals surface area contributed by atoms with E-state index in [2.05, 4.69) is 120 Å². The van der Waals surface area contributed by atoms with Crippen LogP contribution in [0.15, 0.2) is 84.9 Å². The summed E-state index contributed by atoms with van der Waals surface area (Å²) in [7, 11) is 0. The van der Waals surface area contributed by atoms with Gasteiger partial charge in [-0.25, -0.2) is 0 Å². The van der Waals surface area contributed by atoms with Crippen LogP contribution in [0, 0.1) is 33.6 Å². The number of nitrogens with two attached hydrogens (primary N) is 1. The highest BCUT2D eigenvalue weighted by Gasteiger charge is 2.13. The number of rotatable bonds is 13. The second-order valence-electron chi connectivity index (χ2n) is 12.2. The lowest BCUT2D eigenvalue weighted by atomic mass is 9.87. The summed E-state index contributed by atoms with van der Waals surface area (Å²) in [5.41, 5.74) is 20.7. The van der Waals surface area contributed by atoms with Gasteiger partial charge in [-0.2, -0.15) is 0 Å². The maximum absolute atomic E-state index is 6.52. The first kappa shape index (κ1) is 29.8. The van der Waals surface area contributed by atoms with Crippen molar-refractivity contribution in [3.63, 3.8) is 0 Å². The topological polar surface area (TPSA) is 26.0 Å². The van der Waals surface area contributed by atoms with Gasteiger partial charge < -0.3 is 5.73 Å². The highest BCUT2D eigenvalue weighted by atomic mass is 14.6. The normalized spacial score (nSPS) is 12.8. The van der Waals surface area contributed by atoms with Crippen LogP contribution in [0.2, 0.25) is 0 Å². The van der Waals surface area contributed by atoms with Gasteiger partial charge >= 0.3 is 0 Å². The second-order valence-corrected chi connectivity index (χ2v) is 12.2. The molecule has 0 aliphatic rings. The monoisotopic (exact) mass is 531 g/mol. The Hall–Kier alpha value is -3.16. The van der Waals surface area contributed by atoms with Gasteiger partial charge in [-0.15, -0.1) is 0 Å². The molecule has 2 unspecified atom stereocenters. The fourth-order valence-corrected chi connectivity index (χ4v) is 6.17. The Morgan fingerprint density at radius 2 is 0.850 bits per heavy atom. The van der Waals surface area contributed by atoms with E-state index in [1.54, 1.807) is 0 Å². The molecular formula is C39H49N. The van der Waals surface area contributed by atoms with E-state index >= 15 is 0 Å². The predicted octanol–water partition coefficient (Wildman–Crippen LogP) is 9.68. The van der Waals surface area contributed by atoms with Crippen molar-refractivity contribution in [3.8, 4) is 11.1 Å². The Balaban J connectivity index is 1.35. The van der Waals surface area contributed by atoms with E-state index in [1.807, 2.05) is 0 Å². The van der Waals surface area contributed by atoms with E-state index in [0.29, 0.717) is 0 Å². The molecule has 0 saturated carbocycles. The minimum atomic E-state index is 0.234. The highest BCUT2D eigenvalue weighted by Crippen LogP contribution is 2.30. The van der Waals surface area contributed by atoms with Crippen LogP contribution < -0.4 is 5.73 Å². The Kier molecular flexibility index (Phi) is 10.8. The van der Waals surface area contributed by atoms with Gasteiger partial charge in [0.1, 0.15) is 0 Å². The molecule has 0 aromatic heterocycles. The molecule has 0 radical (unpaired) electrons. The van der Waals surface area contributed by atoms with Crippen LogP contribution in [-0.2, 0) is 25.7 Å². The number of aryl methyl sites for hydroxylation is 6.